The number of nitrogens with zero attached hydrogens (tertiary/aromatic N) is 5. The van der Waals surface area contributed by atoms with E-state index in [0.717, 1.165) is 11.6 Å². The van der Waals surface area contributed by atoms with Crippen LogP contribution in [-0.2, 0) is 0 Å². The van der Waals surface area contributed by atoms with Crippen LogP contribution in [0.2, 0.25) is 0 Å². The van der Waals surface area contributed by atoms with E-state index < -0.39 is 0 Å². The lowest BCUT2D eigenvalue weighted by atomic mass is 10.4. The van der Waals surface area contributed by atoms with Crippen molar-refractivity contribution in [2.24, 2.45) is 0 Å². The summed E-state index contributed by atoms with van der Waals surface area (Å²) in [5.74, 6) is 1.88. The van der Waals surface area contributed by atoms with E-state index in [-0.39, 0.29) is 11.7 Å². The second-order valence-corrected chi connectivity index (χ2v) is 4.45. The summed E-state index contributed by atoms with van der Waals surface area (Å²) >= 11 is 0. The van der Waals surface area contributed by atoms with Crippen LogP contribution in [-0.4, -0.2) is 35.6 Å². The van der Waals surface area contributed by atoms with Crippen molar-refractivity contribution >= 4 is 11.6 Å². The molecule has 3 heterocycles. The predicted molar refractivity (Wildman–Crippen MR) is 75.2 cm³/mol. The molecule has 0 aromatic carbocycles. The molecule has 3 aromatic heterocycles. The number of carbonyl (C=O) groups is 1. The van der Waals surface area contributed by atoms with Gasteiger partial charge in [0.05, 0.1) is 11.9 Å². The number of H-pyrrole nitrogens is 1. The van der Waals surface area contributed by atoms with Crippen LogP contribution in [0.1, 0.15) is 22.3 Å². The van der Waals surface area contributed by atoms with Crippen molar-refractivity contribution in [1.29, 1.82) is 0 Å². The van der Waals surface area contributed by atoms with Crippen molar-refractivity contribution in [1.82, 2.24) is 29.7 Å². The molecular weight excluding hydrogens is 270 g/mol. The zero-order chi connectivity index (χ0) is 14.8. The number of aromatic amines is 1. The Hall–Kier alpha value is -3.03. The molecule has 0 radical (unpaired) electrons. The second kappa shape index (κ2) is 5.16. The van der Waals surface area contributed by atoms with E-state index in [9.17, 15) is 4.79 Å². The third-order valence-corrected chi connectivity index (χ3v) is 2.88. The van der Waals surface area contributed by atoms with Gasteiger partial charge in [-0.15, -0.1) is 5.10 Å². The molecule has 0 saturated carbocycles. The summed E-state index contributed by atoms with van der Waals surface area (Å²) < 4.78 is 1.85. The standard InChI is InChI=1S/C13H13N7O/c1-8-16-12(19-18-8)13(21)17-10-3-4-11(15-7-10)20-6-5-14-9(20)2/h3-7H,1-2H3,(H,17,21)(H,16,18,19). The third-order valence-electron chi connectivity index (χ3n) is 2.88. The van der Waals surface area contributed by atoms with Gasteiger partial charge in [-0.25, -0.2) is 15.0 Å². The van der Waals surface area contributed by atoms with E-state index in [0.29, 0.717) is 11.5 Å². The van der Waals surface area contributed by atoms with Crippen LogP contribution in [0.4, 0.5) is 5.69 Å². The molecule has 0 unspecified atom stereocenters. The van der Waals surface area contributed by atoms with Gasteiger partial charge in [0.15, 0.2) is 0 Å². The zero-order valence-corrected chi connectivity index (χ0v) is 11.5. The van der Waals surface area contributed by atoms with Crippen LogP contribution in [0.25, 0.3) is 5.82 Å². The van der Waals surface area contributed by atoms with Crippen LogP contribution in [0.3, 0.4) is 0 Å². The monoisotopic (exact) mass is 283 g/mol. The molecule has 2 N–H and O–H groups in total. The highest BCUT2D eigenvalue weighted by molar-refractivity contribution is 6.01. The van der Waals surface area contributed by atoms with Crippen molar-refractivity contribution in [2.45, 2.75) is 13.8 Å². The molecule has 3 aromatic rings. The van der Waals surface area contributed by atoms with Crippen LogP contribution < -0.4 is 5.32 Å². The third kappa shape index (κ3) is 2.64. The van der Waals surface area contributed by atoms with Gasteiger partial charge in [0, 0.05) is 12.4 Å². The highest BCUT2D eigenvalue weighted by Crippen LogP contribution is 2.12. The van der Waals surface area contributed by atoms with Gasteiger partial charge in [0.1, 0.15) is 17.5 Å². The molecule has 8 heteroatoms. The number of rotatable bonds is 3. The highest BCUT2D eigenvalue weighted by atomic mass is 16.2. The van der Waals surface area contributed by atoms with Crippen molar-refractivity contribution in [2.75, 3.05) is 5.32 Å². The Balaban J connectivity index is 1.76. The summed E-state index contributed by atoms with van der Waals surface area (Å²) in [7, 11) is 0. The lowest BCUT2D eigenvalue weighted by Gasteiger charge is -2.06. The molecule has 0 atom stereocenters. The van der Waals surface area contributed by atoms with Gasteiger partial charge >= 0.3 is 0 Å². The van der Waals surface area contributed by atoms with E-state index in [2.05, 4.69) is 30.5 Å². The molecule has 8 nitrogen and oxygen atoms in total. The molecule has 3 rings (SSSR count). The number of hydrogen-bond acceptors (Lipinski definition) is 5. The summed E-state index contributed by atoms with van der Waals surface area (Å²) in [4.78, 5) is 24.3. The molecule has 0 fully saturated rings. The molecule has 0 bridgehead atoms. The average Bonchev–Trinajstić information content (AvgIpc) is 3.08. The van der Waals surface area contributed by atoms with Crippen molar-refractivity contribution in [3.63, 3.8) is 0 Å². The number of aryl methyl sites for hydroxylation is 2. The Labute approximate surface area is 120 Å². The molecule has 0 saturated heterocycles. The van der Waals surface area contributed by atoms with Gasteiger partial charge in [-0.3, -0.25) is 14.5 Å². The maximum atomic E-state index is 11.9. The Bertz CT molecular complexity index is 772. The van der Waals surface area contributed by atoms with Gasteiger partial charge < -0.3 is 5.32 Å². The molecule has 0 aliphatic carbocycles. The predicted octanol–water partition coefficient (Wildman–Crippen LogP) is 1.25. The van der Waals surface area contributed by atoms with Gasteiger partial charge in [0.2, 0.25) is 5.82 Å². The summed E-state index contributed by atoms with van der Waals surface area (Å²) in [6.07, 6.45) is 5.11. The quantitative estimate of drug-likeness (QED) is 0.753. The molecular formula is C13H13N7O. The summed E-state index contributed by atoms with van der Waals surface area (Å²) in [5.41, 5.74) is 0.573. The molecule has 1 amide bonds. The smallest absolute Gasteiger partial charge is 0.295 e. The van der Waals surface area contributed by atoms with Crippen molar-refractivity contribution in [3.8, 4) is 5.82 Å². The first-order valence-corrected chi connectivity index (χ1v) is 6.30. The SMILES string of the molecule is Cc1nc(C(=O)Nc2ccc(-n3ccnc3C)nc2)n[nH]1. The van der Waals surface area contributed by atoms with E-state index in [1.165, 1.54) is 0 Å². The highest BCUT2D eigenvalue weighted by Gasteiger charge is 2.11. The summed E-state index contributed by atoms with van der Waals surface area (Å²) in [5, 5.41) is 9.11. The number of carbonyl (C=O) groups excluding carboxylic acids is 1. The first kappa shape index (κ1) is 13.0. The lowest BCUT2D eigenvalue weighted by molar-refractivity contribution is 0.101. The first-order chi connectivity index (χ1) is 10.1. The second-order valence-electron chi connectivity index (χ2n) is 4.45. The Kier molecular flexibility index (Phi) is 3.19. The number of nitrogens with one attached hydrogen (secondary N) is 2. The van der Waals surface area contributed by atoms with Gasteiger partial charge in [-0.05, 0) is 26.0 Å². The summed E-state index contributed by atoms with van der Waals surface area (Å²) in [6.45, 7) is 3.62. The number of imidazole rings is 1. The van der Waals surface area contributed by atoms with Gasteiger partial charge in [-0.1, -0.05) is 0 Å². The average molecular weight is 283 g/mol. The zero-order valence-electron chi connectivity index (χ0n) is 11.5. The van der Waals surface area contributed by atoms with Crippen LogP contribution >= 0.6 is 0 Å². The number of anilines is 1. The lowest BCUT2D eigenvalue weighted by Crippen LogP contribution is -2.14. The minimum atomic E-state index is -0.382. The number of hydrogen-bond donors (Lipinski definition) is 2. The number of aromatic nitrogens is 6. The maximum absolute atomic E-state index is 11.9. The fraction of sp³-hybridized carbons (Fsp3) is 0.154. The Morgan fingerprint density at radius 3 is 2.71 bits per heavy atom. The van der Waals surface area contributed by atoms with Crippen LogP contribution in [0, 0.1) is 13.8 Å². The van der Waals surface area contributed by atoms with Crippen molar-refractivity contribution in [3.05, 3.63) is 48.2 Å². The first-order valence-electron chi connectivity index (χ1n) is 6.30. The van der Waals surface area contributed by atoms with E-state index in [1.54, 1.807) is 31.5 Å². The number of pyridine rings is 1. The number of amides is 1. The Morgan fingerprint density at radius 1 is 1.29 bits per heavy atom. The molecule has 0 aliphatic heterocycles. The van der Waals surface area contributed by atoms with E-state index in [1.807, 2.05) is 17.7 Å². The Morgan fingerprint density at radius 2 is 2.14 bits per heavy atom. The van der Waals surface area contributed by atoms with Crippen molar-refractivity contribution < 1.29 is 4.79 Å². The largest absolute Gasteiger partial charge is 0.318 e. The molecule has 21 heavy (non-hydrogen) atoms. The summed E-state index contributed by atoms with van der Waals surface area (Å²) in [6, 6.07) is 3.56. The molecule has 0 aliphatic rings. The van der Waals surface area contributed by atoms with Crippen LogP contribution in [0.15, 0.2) is 30.7 Å². The minimum Gasteiger partial charge on any atom is -0.318 e. The topological polar surface area (TPSA) is 101 Å². The minimum absolute atomic E-state index is 0.0991. The van der Waals surface area contributed by atoms with E-state index >= 15 is 0 Å². The normalized spacial score (nSPS) is 10.6. The fourth-order valence-electron chi connectivity index (χ4n) is 1.85. The maximum Gasteiger partial charge on any atom is 0.295 e. The molecule has 106 valence electrons. The fourth-order valence-corrected chi connectivity index (χ4v) is 1.85. The van der Waals surface area contributed by atoms with Crippen LogP contribution in [0.5, 0.6) is 0 Å². The van der Waals surface area contributed by atoms with Gasteiger partial charge in [0.25, 0.3) is 5.91 Å². The van der Waals surface area contributed by atoms with E-state index in [4.69, 9.17) is 0 Å². The molecule has 0 spiro atoms. The van der Waals surface area contributed by atoms with Gasteiger partial charge in [-0.2, -0.15) is 0 Å².